The molecule has 1 amide bonds. The number of carbonyl (C=O) groups is 1. The van der Waals surface area contributed by atoms with Crippen LogP contribution in [0.3, 0.4) is 0 Å². The molecule has 4 nitrogen and oxygen atoms in total. The van der Waals surface area contributed by atoms with E-state index >= 15 is 0 Å². The first-order chi connectivity index (χ1) is 11.0. The van der Waals surface area contributed by atoms with Crippen LogP contribution >= 0.6 is 0 Å². The number of rotatable bonds is 8. The first-order valence-corrected chi connectivity index (χ1v) is 7.97. The Kier molecular flexibility index (Phi) is 6.47. The van der Waals surface area contributed by atoms with Crippen molar-refractivity contribution in [3.8, 4) is 0 Å². The van der Waals surface area contributed by atoms with E-state index in [0.29, 0.717) is 18.6 Å². The van der Waals surface area contributed by atoms with Crippen molar-refractivity contribution in [1.82, 2.24) is 10.2 Å². The van der Waals surface area contributed by atoms with E-state index in [1.165, 1.54) is 12.1 Å². The Morgan fingerprint density at radius 1 is 1.35 bits per heavy atom. The third kappa shape index (κ3) is 4.48. The van der Waals surface area contributed by atoms with Gasteiger partial charge in [-0.1, -0.05) is 6.07 Å². The highest BCUT2D eigenvalue weighted by molar-refractivity contribution is 5.78. The average Bonchev–Trinajstić information content (AvgIpc) is 2.88. The summed E-state index contributed by atoms with van der Waals surface area (Å²) >= 11 is 0. The molecule has 1 fully saturated rings. The van der Waals surface area contributed by atoms with E-state index < -0.39 is 11.6 Å². The molecular weight excluding hydrogens is 302 g/mol. The summed E-state index contributed by atoms with van der Waals surface area (Å²) < 4.78 is 33.0. The lowest BCUT2D eigenvalue weighted by Gasteiger charge is -2.25. The van der Waals surface area contributed by atoms with Gasteiger partial charge in [0.05, 0.1) is 13.2 Å². The van der Waals surface area contributed by atoms with Crippen molar-refractivity contribution in [2.45, 2.75) is 38.8 Å². The number of nitrogens with one attached hydrogen (secondary N) is 1. The molecule has 0 aliphatic carbocycles. The summed E-state index contributed by atoms with van der Waals surface area (Å²) in [6, 6.07) is 2.70. The SMILES string of the molecule is COCCNCCC1CCC(=O)N1Cc1c(F)ccc(C)c1F. The lowest BCUT2D eigenvalue weighted by atomic mass is 10.1. The van der Waals surface area contributed by atoms with Crippen LogP contribution in [0.15, 0.2) is 12.1 Å². The van der Waals surface area contributed by atoms with Gasteiger partial charge in [-0.3, -0.25) is 4.79 Å². The van der Waals surface area contributed by atoms with Crippen LogP contribution < -0.4 is 5.32 Å². The van der Waals surface area contributed by atoms with Gasteiger partial charge < -0.3 is 15.0 Å². The molecule has 0 radical (unpaired) electrons. The maximum absolute atomic E-state index is 14.2. The average molecular weight is 326 g/mol. The van der Waals surface area contributed by atoms with Gasteiger partial charge in [-0.15, -0.1) is 0 Å². The number of halogens is 2. The van der Waals surface area contributed by atoms with Crippen molar-refractivity contribution in [3.05, 3.63) is 34.9 Å². The van der Waals surface area contributed by atoms with Gasteiger partial charge in [-0.2, -0.15) is 0 Å². The molecule has 1 atom stereocenters. The highest BCUT2D eigenvalue weighted by Crippen LogP contribution is 2.26. The molecule has 1 saturated heterocycles. The molecule has 0 spiro atoms. The molecule has 2 rings (SSSR count). The first-order valence-electron chi connectivity index (χ1n) is 7.97. The number of methoxy groups -OCH3 is 1. The Hall–Kier alpha value is -1.53. The number of hydrogen-bond acceptors (Lipinski definition) is 3. The second-order valence-corrected chi connectivity index (χ2v) is 5.90. The lowest BCUT2D eigenvalue weighted by Crippen LogP contribution is -2.35. The Labute approximate surface area is 135 Å². The summed E-state index contributed by atoms with van der Waals surface area (Å²) in [6.45, 7) is 3.73. The normalized spacial score (nSPS) is 18.0. The first kappa shape index (κ1) is 17.8. The van der Waals surface area contributed by atoms with E-state index in [1.54, 1.807) is 18.9 Å². The Morgan fingerprint density at radius 3 is 2.87 bits per heavy atom. The van der Waals surface area contributed by atoms with E-state index in [9.17, 15) is 13.6 Å². The monoisotopic (exact) mass is 326 g/mol. The van der Waals surface area contributed by atoms with Crippen LogP contribution in [0.5, 0.6) is 0 Å². The molecule has 1 aromatic rings. The summed E-state index contributed by atoms with van der Waals surface area (Å²) in [5, 5.41) is 3.23. The standard InChI is InChI=1S/C17H24F2N2O2/c1-12-3-5-15(18)14(17(12)19)11-21-13(4-6-16(21)22)7-8-20-9-10-23-2/h3,5,13,20H,4,6-11H2,1-2H3. The van der Waals surface area contributed by atoms with Gasteiger partial charge in [-0.05, 0) is 37.9 Å². The maximum atomic E-state index is 14.2. The minimum absolute atomic E-state index is 0.000910. The van der Waals surface area contributed by atoms with Crippen molar-refractivity contribution in [2.75, 3.05) is 26.8 Å². The number of likely N-dealkylation sites (tertiary alicyclic amines) is 1. The van der Waals surface area contributed by atoms with Crippen molar-refractivity contribution in [1.29, 1.82) is 0 Å². The second-order valence-electron chi connectivity index (χ2n) is 5.90. The van der Waals surface area contributed by atoms with Gasteiger partial charge in [0, 0.05) is 31.7 Å². The number of nitrogens with zero attached hydrogens (tertiary/aromatic N) is 1. The van der Waals surface area contributed by atoms with Crippen LogP contribution in [-0.4, -0.2) is 43.7 Å². The lowest BCUT2D eigenvalue weighted by molar-refractivity contribution is -0.129. The molecule has 1 aromatic carbocycles. The van der Waals surface area contributed by atoms with Gasteiger partial charge in [0.1, 0.15) is 11.6 Å². The molecule has 128 valence electrons. The molecule has 1 aliphatic heterocycles. The molecule has 0 bridgehead atoms. The van der Waals surface area contributed by atoms with Crippen molar-refractivity contribution < 1.29 is 18.3 Å². The molecule has 1 unspecified atom stereocenters. The predicted molar refractivity (Wildman–Crippen MR) is 84.0 cm³/mol. The van der Waals surface area contributed by atoms with Crippen LogP contribution in [0.4, 0.5) is 8.78 Å². The highest BCUT2D eigenvalue weighted by atomic mass is 19.1. The summed E-state index contributed by atoms with van der Waals surface area (Å²) in [7, 11) is 1.64. The van der Waals surface area contributed by atoms with Crippen LogP contribution in [0.25, 0.3) is 0 Å². The van der Waals surface area contributed by atoms with E-state index in [1.807, 2.05) is 0 Å². The van der Waals surface area contributed by atoms with E-state index in [-0.39, 0.29) is 24.1 Å². The summed E-state index contributed by atoms with van der Waals surface area (Å²) in [5.74, 6) is -1.18. The summed E-state index contributed by atoms with van der Waals surface area (Å²) in [5.41, 5.74) is 0.378. The van der Waals surface area contributed by atoms with E-state index in [0.717, 1.165) is 25.9 Å². The Bertz CT molecular complexity index is 552. The number of carbonyl (C=O) groups excluding carboxylic acids is 1. The smallest absolute Gasteiger partial charge is 0.223 e. The fraction of sp³-hybridized carbons (Fsp3) is 0.588. The number of amides is 1. The molecule has 1 aliphatic rings. The minimum Gasteiger partial charge on any atom is -0.383 e. The third-order valence-corrected chi connectivity index (χ3v) is 4.30. The third-order valence-electron chi connectivity index (χ3n) is 4.30. The molecule has 1 heterocycles. The number of ether oxygens (including phenoxy) is 1. The summed E-state index contributed by atoms with van der Waals surface area (Å²) in [4.78, 5) is 13.7. The Morgan fingerprint density at radius 2 is 2.13 bits per heavy atom. The predicted octanol–water partition coefficient (Wildman–Crippen LogP) is 2.39. The molecule has 0 aromatic heterocycles. The zero-order valence-corrected chi connectivity index (χ0v) is 13.7. The number of aryl methyl sites for hydroxylation is 1. The van der Waals surface area contributed by atoms with Crippen molar-refractivity contribution in [2.24, 2.45) is 0 Å². The van der Waals surface area contributed by atoms with Gasteiger partial charge >= 0.3 is 0 Å². The fourth-order valence-electron chi connectivity index (χ4n) is 2.91. The molecule has 6 heteroatoms. The molecule has 23 heavy (non-hydrogen) atoms. The topological polar surface area (TPSA) is 41.6 Å². The van der Waals surface area contributed by atoms with E-state index in [2.05, 4.69) is 5.32 Å². The van der Waals surface area contributed by atoms with Gasteiger partial charge in [0.25, 0.3) is 0 Å². The van der Waals surface area contributed by atoms with Crippen LogP contribution in [0.1, 0.15) is 30.4 Å². The van der Waals surface area contributed by atoms with Gasteiger partial charge in [0.15, 0.2) is 0 Å². The molecule has 1 N–H and O–H groups in total. The van der Waals surface area contributed by atoms with Crippen molar-refractivity contribution >= 4 is 5.91 Å². The largest absolute Gasteiger partial charge is 0.383 e. The van der Waals surface area contributed by atoms with Crippen LogP contribution in [0.2, 0.25) is 0 Å². The maximum Gasteiger partial charge on any atom is 0.223 e. The summed E-state index contributed by atoms with van der Waals surface area (Å²) in [6.07, 6.45) is 1.95. The molecule has 0 saturated carbocycles. The number of hydrogen-bond donors (Lipinski definition) is 1. The van der Waals surface area contributed by atoms with Crippen LogP contribution in [0, 0.1) is 18.6 Å². The van der Waals surface area contributed by atoms with Crippen molar-refractivity contribution in [3.63, 3.8) is 0 Å². The fourth-order valence-corrected chi connectivity index (χ4v) is 2.91. The number of benzene rings is 1. The van der Waals surface area contributed by atoms with Gasteiger partial charge in [-0.25, -0.2) is 8.78 Å². The zero-order chi connectivity index (χ0) is 16.8. The molecular formula is C17H24F2N2O2. The minimum atomic E-state index is -0.593. The second kappa shape index (κ2) is 8.36. The Balaban J connectivity index is 1.99. The van der Waals surface area contributed by atoms with E-state index in [4.69, 9.17) is 4.74 Å². The highest BCUT2D eigenvalue weighted by Gasteiger charge is 2.31. The van der Waals surface area contributed by atoms with Gasteiger partial charge in [0.2, 0.25) is 5.91 Å². The quantitative estimate of drug-likeness (QED) is 0.746. The van der Waals surface area contributed by atoms with Crippen LogP contribution in [-0.2, 0) is 16.1 Å². The zero-order valence-electron chi connectivity index (χ0n) is 13.7.